The Morgan fingerprint density at radius 2 is 1.82 bits per heavy atom. The van der Waals surface area contributed by atoms with E-state index in [1.165, 1.54) is 6.07 Å². The zero-order valence-electron chi connectivity index (χ0n) is 17.0. The van der Waals surface area contributed by atoms with E-state index in [4.69, 9.17) is 0 Å². The van der Waals surface area contributed by atoms with Crippen molar-refractivity contribution in [1.82, 2.24) is 10.2 Å². The van der Waals surface area contributed by atoms with Gasteiger partial charge in [0.2, 0.25) is 11.8 Å². The molecule has 4 nitrogen and oxygen atoms in total. The van der Waals surface area contributed by atoms with Crippen LogP contribution in [0.5, 0.6) is 0 Å². The molecule has 2 aromatic carbocycles. The van der Waals surface area contributed by atoms with Crippen LogP contribution in [0.25, 0.3) is 0 Å². The number of benzene rings is 2. The smallest absolute Gasteiger partial charge is 0.243 e. The van der Waals surface area contributed by atoms with Gasteiger partial charge in [-0.3, -0.25) is 9.59 Å². The Bertz CT molecular complexity index is 820. The lowest BCUT2D eigenvalue weighted by Crippen LogP contribution is -2.50. The molecule has 0 radical (unpaired) electrons. The van der Waals surface area contributed by atoms with Crippen molar-refractivity contribution in [3.8, 4) is 0 Å². The van der Waals surface area contributed by atoms with Gasteiger partial charge < -0.3 is 10.2 Å². The average molecular weight is 384 g/mol. The van der Waals surface area contributed by atoms with Crippen molar-refractivity contribution in [2.24, 2.45) is 0 Å². The van der Waals surface area contributed by atoms with Crippen LogP contribution in [-0.4, -0.2) is 28.8 Å². The number of hydrogen-bond donors (Lipinski definition) is 1. The van der Waals surface area contributed by atoms with Gasteiger partial charge in [-0.15, -0.1) is 0 Å². The largest absolute Gasteiger partial charge is 0.352 e. The quantitative estimate of drug-likeness (QED) is 0.748. The number of carbonyl (C=O) groups is 2. The van der Waals surface area contributed by atoms with Crippen molar-refractivity contribution in [2.75, 3.05) is 0 Å². The zero-order chi connectivity index (χ0) is 20.7. The molecule has 0 aliphatic heterocycles. The number of halogens is 1. The van der Waals surface area contributed by atoms with Gasteiger partial charge in [0.25, 0.3) is 0 Å². The minimum Gasteiger partial charge on any atom is -0.352 e. The molecule has 0 unspecified atom stereocenters. The summed E-state index contributed by atoms with van der Waals surface area (Å²) in [5.41, 5.74) is 2.36. The van der Waals surface area contributed by atoms with E-state index in [9.17, 15) is 14.0 Å². The molecule has 2 aromatic rings. The van der Waals surface area contributed by atoms with Crippen molar-refractivity contribution in [3.63, 3.8) is 0 Å². The van der Waals surface area contributed by atoms with E-state index in [1.54, 1.807) is 23.1 Å². The molecule has 2 amide bonds. The first-order valence-corrected chi connectivity index (χ1v) is 9.70. The maximum absolute atomic E-state index is 14.1. The molecular weight excluding hydrogens is 355 g/mol. The summed E-state index contributed by atoms with van der Waals surface area (Å²) in [4.78, 5) is 27.4. The van der Waals surface area contributed by atoms with Gasteiger partial charge in [-0.25, -0.2) is 4.39 Å². The van der Waals surface area contributed by atoms with Gasteiger partial charge in [-0.05, 0) is 44.4 Å². The van der Waals surface area contributed by atoms with Crippen molar-refractivity contribution < 1.29 is 14.0 Å². The van der Waals surface area contributed by atoms with Gasteiger partial charge in [0.15, 0.2) is 0 Å². The molecule has 0 heterocycles. The number of nitrogens with zero attached hydrogens (tertiary/aromatic N) is 1. The average Bonchev–Trinajstić information content (AvgIpc) is 2.63. The predicted molar refractivity (Wildman–Crippen MR) is 109 cm³/mol. The van der Waals surface area contributed by atoms with E-state index in [0.29, 0.717) is 18.5 Å². The highest BCUT2D eigenvalue weighted by Gasteiger charge is 2.29. The first-order valence-electron chi connectivity index (χ1n) is 9.70. The Labute approximate surface area is 166 Å². The molecule has 1 atom stereocenters. The van der Waals surface area contributed by atoms with Crippen LogP contribution < -0.4 is 5.32 Å². The van der Waals surface area contributed by atoms with Crippen molar-refractivity contribution in [1.29, 1.82) is 0 Å². The molecule has 2 rings (SSSR count). The van der Waals surface area contributed by atoms with Crippen LogP contribution in [0.4, 0.5) is 4.39 Å². The summed E-state index contributed by atoms with van der Waals surface area (Å²) in [5.74, 6) is -0.865. The van der Waals surface area contributed by atoms with Crippen LogP contribution >= 0.6 is 0 Å². The summed E-state index contributed by atoms with van der Waals surface area (Å²) in [6.07, 6.45) is 0.400. The standard InChI is InChI=1S/C23H29FN2O2/c1-5-21(23(28)25-16(2)3)26(15-18-10-8-9-17(4)13-18)22(27)14-19-11-6-7-12-20(19)24/h6-13,16,21H,5,14-15H2,1-4H3,(H,25,28)/t21-/m1/s1. The van der Waals surface area contributed by atoms with Crippen molar-refractivity contribution in [3.05, 3.63) is 71.0 Å². The Morgan fingerprint density at radius 3 is 2.43 bits per heavy atom. The Kier molecular flexibility index (Phi) is 7.73. The molecule has 150 valence electrons. The minimum absolute atomic E-state index is 0.0240. The molecule has 0 saturated heterocycles. The third-order valence-corrected chi connectivity index (χ3v) is 4.55. The van der Waals surface area contributed by atoms with Gasteiger partial charge in [0.1, 0.15) is 11.9 Å². The van der Waals surface area contributed by atoms with Crippen LogP contribution in [0.2, 0.25) is 0 Å². The van der Waals surface area contributed by atoms with Crippen LogP contribution in [0.1, 0.15) is 43.9 Å². The Morgan fingerprint density at radius 1 is 1.11 bits per heavy atom. The van der Waals surface area contributed by atoms with E-state index in [2.05, 4.69) is 5.32 Å². The monoisotopic (exact) mass is 384 g/mol. The van der Waals surface area contributed by atoms with E-state index < -0.39 is 11.9 Å². The Balaban J connectivity index is 2.32. The highest BCUT2D eigenvalue weighted by atomic mass is 19.1. The molecule has 0 aliphatic carbocycles. The summed E-state index contributed by atoms with van der Waals surface area (Å²) in [6, 6.07) is 13.5. The normalized spacial score (nSPS) is 11.9. The maximum Gasteiger partial charge on any atom is 0.243 e. The molecular formula is C23H29FN2O2. The lowest BCUT2D eigenvalue weighted by Gasteiger charge is -2.31. The summed E-state index contributed by atoms with van der Waals surface area (Å²) >= 11 is 0. The molecule has 0 saturated carbocycles. The van der Waals surface area contributed by atoms with Crippen molar-refractivity contribution in [2.45, 2.75) is 59.2 Å². The van der Waals surface area contributed by atoms with Gasteiger partial charge in [-0.2, -0.15) is 0 Å². The lowest BCUT2D eigenvalue weighted by molar-refractivity contribution is -0.141. The first-order chi connectivity index (χ1) is 13.3. The SMILES string of the molecule is CC[C@H](C(=O)NC(C)C)N(Cc1cccc(C)c1)C(=O)Cc1ccccc1F. The van der Waals surface area contributed by atoms with Gasteiger partial charge in [-0.1, -0.05) is 55.0 Å². The molecule has 0 aliphatic rings. The summed E-state index contributed by atoms with van der Waals surface area (Å²) in [7, 11) is 0. The fraction of sp³-hybridized carbons (Fsp3) is 0.391. The highest BCUT2D eigenvalue weighted by Crippen LogP contribution is 2.17. The third-order valence-electron chi connectivity index (χ3n) is 4.55. The molecule has 0 aromatic heterocycles. The molecule has 28 heavy (non-hydrogen) atoms. The number of carbonyl (C=O) groups excluding carboxylic acids is 2. The number of rotatable bonds is 8. The number of aryl methyl sites for hydroxylation is 1. The van der Waals surface area contributed by atoms with E-state index >= 15 is 0 Å². The van der Waals surface area contributed by atoms with E-state index in [1.807, 2.05) is 52.0 Å². The van der Waals surface area contributed by atoms with Gasteiger partial charge >= 0.3 is 0 Å². The summed E-state index contributed by atoms with van der Waals surface area (Å²) < 4.78 is 14.1. The van der Waals surface area contributed by atoms with Crippen LogP contribution in [0.3, 0.4) is 0 Å². The van der Waals surface area contributed by atoms with Gasteiger partial charge in [0.05, 0.1) is 6.42 Å². The lowest BCUT2D eigenvalue weighted by atomic mass is 10.1. The molecule has 0 fully saturated rings. The van der Waals surface area contributed by atoms with E-state index in [0.717, 1.165) is 11.1 Å². The number of amides is 2. The highest BCUT2D eigenvalue weighted by molar-refractivity contribution is 5.88. The number of nitrogens with one attached hydrogen (secondary N) is 1. The number of hydrogen-bond acceptors (Lipinski definition) is 2. The summed E-state index contributed by atoms with van der Waals surface area (Å²) in [5, 5.41) is 2.89. The topological polar surface area (TPSA) is 49.4 Å². The summed E-state index contributed by atoms with van der Waals surface area (Å²) in [6.45, 7) is 7.94. The molecule has 5 heteroatoms. The fourth-order valence-electron chi connectivity index (χ4n) is 3.21. The molecule has 0 bridgehead atoms. The molecule has 0 spiro atoms. The first kappa shape index (κ1) is 21.6. The third kappa shape index (κ3) is 5.91. The predicted octanol–water partition coefficient (Wildman–Crippen LogP) is 4.01. The van der Waals surface area contributed by atoms with E-state index in [-0.39, 0.29) is 24.3 Å². The van der Waals surface area contributed by atoms with Crippen LogP contribution in [0, 0.1) is 12.7 Å². The second-order valence-corrected chi connectivity index (χ2v) is 7.37. The second-order valence-electron chi connectivity index (χ2n) is 7.37. The van der Waals surface area contributed by atoms with Crippen LogP contribution in [-0.2, 0) is 22.6 Å². The minimum atomic E-state index is -0.609. The zero-order valence-corrected chi connectivity index (χ0v) is 17.0. The molecule has 1 N–H and O–H groups in total. The second kappa shape index (κ2) is 10.0. The Hall–Kier alpha value is -2.69. The van der Waals surface area contributed by atoms with Crippen LogP contribution in [0.15, 0.2) is 48.5 Å². The van der Waals surface area contributed by atoms with Crippen molar-refractivity contribution >= 4 is 11.8 Å². The fourth-order valence-corrected chi connectivity index (χ4v) is 3.21. The maximum atomic E-state index is 14.1. The van der Waals surface area contributed by atoms with Gasteiger partial charge in [0, 0.05) is 12.6 Å².